The molecule has 0 unspecified atom stereocenters. The molecule has 1 heteroatoms. The summed E-state index contributed by atoms with van der Waals surface area (Å²) in [7, 11) is 0. The van der Waals surface area contributed by atoms with E-state index in [1.807, 2.05) is 0 Å². The molecule has 0 aliphatic heterocycles. The average molecular weight is 199 g/mol. The minimum absolute atomic E-state index is 1.36. The molecular formula is C9H12Se. The van der Waals surface area contributed by atoms with Crippen LogP contribution >= 0.6 is 0 Å². The molecule has 1 rings (SSSR count). The predicted octanol–water partition coefficient (Wildman–Crippen LogP) is 1.14. The zero-order valence-electron chi connectivity index (χ0n) is 6.60. The van der Waals surface area contributed by atoms with E-state index in [9.17, 15) is 0 Å². The van der Waals surface area contributed by atoms with E-state index in [4.69, 9.17) is 0 Å². The number of hydrogen-bond acceptors (Lipinski definition) is 0. The molecule has 0 saturated heterocycles. The zero-order valence-corrected chi connectivity index (χ0v) is 8.48. The van der Waals surface area contributed by atoms with Crippen molar-refractivity contribution in [1.29, 1.82) is 0 Å². The molecule has 0 amide bonds. The van der Waals surface area contributed by atoms with Crippen molar-refractivity contribution >= 4 is 20.5 Å². The van der Waals surface area contributed by atoms with Gasteiger partial charge in [-0.25, -0.2) is 0 Å². The van der Waals surface area contributed by atoms with Gasteiger partial charge < -0.3 is 0 Å². The standard InChI is InChI=1S/C9H12Se/c1-6-4-5-7(2)9(10)8(6)3/h4-5,10H,1-3H3. The van der Waals surface area contributed by atoms with Crippen LogP contribution in [0.3, 0.4) is 0 Å². The van der Waals surface area contributed by atoms with Crippen LogP contribution in [0.25, 0.3) is 0 Å². The first kappa shape index (κ1) is 7.84. The Morgan fingerprint density at radius 3 is 2.00 bits per heavy atom. The first-order valence-electron chi connectivity index (χ1n) is 3.38. The fourth-order valence-electron chi connectivity index (χ4n) is 0.936. The minimum atomic E-state index is 1.36. The molecule has 0 N–H and O–H groups in total. The van der Waals surface area contributed by atoms with E-state index in [1.54, 1.807) is 0 Å². The maximum absolute atomic E-state index is 2.63. The summed E-state index contributed by atoms with van der Waals surface area (Å²) >= 11 is 2.63. The van der Waals surface area contributed by atoms with Crippen molar-refractivity contribution in [2.45, 2.75) is 20.8 Å². The second-order valence-corrected chi connectivity index (χ2v) is 3.61. The Bertz CT molecular complexity index is 224. The molecular weight excluding hydrogens is 187 g/mol. The Balaban J connectivity index is 3.34. The van der Waals surface area contributed by atoms with Crippen LogP contribution in [0.15, 0.2) is 12.1 Å². The summed E-state index contributed by atoms with van der Waals surface area (Å²) < 4.78 is 1.37. The van der Waals surface area contributed by atoms with Crippen LogP contribution in [-0.2, 0) is 0 Å². The molecule has 0 heterocycles. The number of aryl methyl sites for hydroxylation is 2. The van der Waals surface area contributed by atoms with E-state index >= 15 is 0 Å². The Hall–Kier alpha value is -0.261. The topological polar surface area (TPSA) is 0 Å². The Labute approximate surface area is 70.5 Å². The fraction of sp³-hybridized carbons (Fsp3) is 0.333. The van der Waals surface area contributed by atoms with E-state index in [0.29, 0.717) is 0 Å². The Kier molecular flexibility index (Phi) is 2.17. The van der Waals surface area contributed by atoms with Gasteiger partial charge in [0.15, 0.2) is 0 Å². The SMILES string of the molecule is Cc1ccc(C)c([SeH])c1C. The quantitative estimate of drug-likeness (QED) is 0.549. The molecule has 0 radical (unpaired) electrons. The van der Waals surface area contributed by atoms with E-state index in [2.05, 4.69) is 48.9 Å². The van der Waals surface area contributed by atoms with Gasteiger partial charge in [-0.3, -0.25) is 0 Å². The summed E-state index contributed by atoms with van der Waals surface area (Å²) in [6.07, 6.45) is 0. The van der Waals surface area contributed by atoms with Crippen molar-refractivity contribution in [2.75, 3.05) is 0 Å². The monoisotopic (exact) mass is 200 g/mol. The van der Waals surface area contributed by atoms with Crippen LogP contribution in [0, 0.1) is 20.8 Å². The van der Waals surface area contributed by atoms with Crippen LogP contribution in [0.5, 0.6) is 0 Å². The summed E-state index contributed by atoms with van der Waals surface area (Å²) in [6.45, 7) is 6.45. The zero-order chi connectivity index (χ0) is 7.72. The van der Waals surface area contributed by atoms with Gasteiger partial charge in [-0.2, -0.15) is 0 Å². The maximum atomic E-state index is 2.63. The molecule has 1 aromatic rings. The summed E-state index contributed by atoms with van der Waals surface area (Å²) in [6, 6.07) is 4.33. The van der Waals surface area contributed by atoms with Crippen molar-refractivity contribution < 1.29 is 0 Å². The molecule has 0 spiro atoms. The number of rotatable bonds is 0. The predicted molar refractivity (Wildman–Crippen MR) is 47.4 cm³/mol. The van der Waals surface area contributed by atoms with Crippen LogP contribution in [0.2, 0.25) is 0 Å². The van der Waals surface area contributed by atoms with Crippen molar-refractivity contribution in [3.05, 3.63) is 28.8 Å². The fourth-order valence-corrected chi connectivity index (χ4v) is 1.46. The Morgan fingerprint density at radius 1 is 1.00 bits per heavy atom. The van der Waals surface area contributed by atoms with Gasteiger partial charge in [0.25, 0.3) is 0 Å². The van der Waals surface area contributed by atoms with E-state index < -0.39 is 0 Å². The second-order valence-electron chi connectivity index (χ2n) is 2.67. The first-order chi connectivity index (χ1) is 4.63. The van der Waals surface area contributed by atoms with E-state index in [1.165, 1.54) is 21.2 Å². The van der Waals surface area contributed by atoms with Crippen LogP contribution < -0.4 is 4.46 Å². The van der Waals surface area contributed by atoms with Crippen molar-refractivity contribution in [3.63, 3.8) is 0 Å². The summed E-state index contributed by atoms with van der Waals surface area (Å²) in [5.74, 6) is 0. The van der Waals surface area contributed by atoms with Gasteiger partial charge in [0.05, 0.1) is 0 Å². The molecule has 10 heavy (non-hydrogen) atoms. The molecule has 0 aliphatic rings. The van der Waals surface area contributed by atoms with Crippen LogP contribution in [0.1, 0.15) is 16.7 Å². The van der Waals surface area contributed by atoms with Gasteiger partial charge in [0.2, 0.25) is 0 Å². The first-order valence-corrected chi connectivity index (χ1v) is 4.32. The van der Waals surface area contributed by atoms with Gasteiger partial charge in [-0.1, -0.05) is 0 Å². The van der Waals surface area contributed by atoms with Gasteiger partial charge in [0.1, 0.15) is 0 Å². The molecule has 0 aromatic heterocycles. The summed E-state index contributed by atoms with van der Waals surface area (Å²) in [4.78, 5) is 0. The molecule has 0 atom stereocenters. The summed E-state index contributed by atoms with van der Waals surface area (Å²) in [5, 5.41) is 0. The number of benzene rings is 1. The third kappa shape index (κ3) is 1.25. The molecule has 1 aromatic carbocycles. The van der Waals surface area contributed by atoms with Crippen molar-refractivity contribution in [2.24, 2.45) is 0 Å². The van der Waals surface area contributed by atoms with Crippen LogP contribution in [0.4, 0.5) is 0 Å². The molecule has 0 saturated carbocycles. The molecule has 0 bridgehead atoms. The van der Waals surface area contributed by atoms with Gasteiger partial charge >= 0.3 is 70.1 Å². The second kappa shape index (κ2) is 2.77. The van der Waals surface area contributed by atoms with Gasteiger partial charge in [-0.15, -0.1) is 0 Å². The number of hydrogen-bond donors (Lipinski definition) is 0. The average Bonchev–Trinajstić information content (AvgIpc) is 1.93. The molecule has 0 aliphatic carbocycles. The third-order valence-corrected chi connectivity index (χ3v) is 3.35. The van der Waals surface area contributed by atoms with Crippen molar-refractivity contribution in [1.82, 2.24) is 0 Å². The van der Waals surface area contributed by atoms with Crippen molar-refractivity contribution in [3.8, 4) is 0 Å². The summed E-state index contributed by atoms with van der Waals surface area (Å²) in [5.41, 5.74) is 4.14. The van der Waals surface area contributed by atoms with E-state index in [0.717, 1.165) is 0 Å². The molecule has 0 fully saturated rings. The molecule has 54 valence electrons. The Morgan fingerprint density at radius 2 is 1.50 bits per heavy atom. The third-order valence-electron chi connectivity index (χ3n) is 1.90. The molecule has 0 nitrogen and oxygen atoms in total. The van der Waals surface area contributed by atoms with Gasteiger partial charge in [-0.05, 0) is 0 Å². The normalized spacial score (nSPS) is 10.0. The van der Waals surface area contributed by atoms with Gasteiger partial charge in [0, 0.05) is 0 Å². The van der Waals surface area contributed by atoms with E-state index in [-0.39, 0.29) is 0 Å². The van der Waals surface area contributed by atoms with Crippen LogP contribution in [-0.4, -0.2) is 16.0 Å².